The summed E-state index contributed by atoms with van der Waals surface area (Å²) in [5.41, 5.74) is 6.68. The van der Waals surface area contributed by atoms with Gasteiger partial charge < -0.3 is 26.8 Å². The van der Waals surface area contributed by atoms with E-state index in [0.717, 1.165) is 5.56 Å². The lowest BCUT2D eigenvalue weighted by molar-refractivity contribution is -0.138. The Balaban J connectivity index is 2.91. The van der Waals surface area contributed by atoms with Crippen molar-refractivity contribution in [2.24, 2.45) is 11.7 Å². The molecule has 29 heavy (non-hydrogen) atoms. The Morgan fingerprint density at radius 1 is 1.00 bits per heavy atom. The molecule has 160 valence electrons. The molecule has 10 heteroatoms. The van der Waals surface area contributed by atoms with Gasteiger partial charge in [0.05, 0.1) is 6.04 Å². The van der Waals surface area contributed by atoms with E-state index in [4.69, 9.17) is 10.8 Å². The molecule has 0 heterocycles. The zero-order valence-electron chi connectivity index (χ0n) is 16.4. The summed E-state index contributed by atoms with van der Waals surface area (Å²) in [7, 11) is 0. The lowest BCUT2D eigenvalue weighted by Crippen LogP contribution is -2.57. The fourth-order valence-electron chi connectivity index (χ4n) is 2.38. The van der Waals surface area contributed by atoms with Gasteiger partial charge in [0.25, 0.3) is 0 Å². The molecule has 3 atom stereocenters. The minimum Gasteiger partial charge on any atom is -0.480 e. The van der Waals surface area contributed by atoms with Crippen LogP contribution in [0.4, 0.5) is 0 Å². The number of hydrogen-bond donors (Lipinski definition) is 6. The SMILES string of the molecule is CC(C)C(N)C(=O)NC(Cc1ccccc1)C(=O)NC(CS)C(=O)NCC(=O)O. The maximum absolute atomic E-state index is 12.8. The van der Waals surface area contributed by atoms with E-state index in [1.54, 1.807) is 13.8 Å². The van der Waals surface area contributed by atoms with Crippen molar-refractivity contribution in [3.63, 3.8) is 0 Å². The lowest BCUT2D eigenvalue weighted by Gasteiger charge is -2.24. The van der Waals surface area contributed by atoms with E-state index in [0.29, 0.717) is 0 Å². The van der Waals surface area contributed by atoms with E-state index in [2.05, 4.69) is 28.6 Å². The van der Waals surface area contributed by atoms with Crippen LogP contribution >= 0.6 is 12.6 Å². The van der Waals surface area contributed by atoms with Gasteiger partial charge in [-0.3, -0.25) is 19.2 Å². The number of carbonyl (C=O) groups is 4. The van der Waals surface area contributed by atoms with Crippen LogP contribution in [0.3, 0.4) is 0 Å². The molecule has 0 aliphatic carbocycles. The minimum atomic E-state index is -1.21. The van der Waals surface area contributed by atoms with Crippen molar-refractivity contribution in [1.82, 2.24) is 16.0 Å². The molecule has 3 amide bonds. The monoisotopic (exact) mass is 424 g/mol. The van der Waals surface area contributed by atoms with Crippen LogP contribution in [-0.4, -0.2) is 59.2 Å². The van der Waals surface area contributed by atoms with Crippen molar-refractivity contribution in [3.8, 4) is 0 Å². The quantitative estimate of drug-likeness (QED) is 0.259. The number of nitrogens with two attached hydrogens (primary N) is 1. The first-order valence-electron chi connectivity index (χ1n) is 9.16. The van der Waals surface area contributed by atoms with Crippen LogP contribution < -0.4 is 21.7 Å². The van der Waals surface area contributed by atoms with Crippen LogP contribution in [0.5, 0.6) is 0 Å². The highest BCUT2D eigenvalue weighted by Crippen LogP contribution is 2.06. The normalized spacial score (nSPS) is 13.8. The molecule has 0 aliphatic rings. The van der Waals surface area contributed by atoms with E-state index in [-0.39, 0.29) is 18.1 Å². The lowest BCUT2D eigenvalue weighted by atomic mass is 10.0. The predicted molar refractivity (Wildman–Crippen MR) is 111 cm³/mol. The third-order valence-electron chi connectivity index (χ3n) is 4.17. The molecule has 0 aliphatic heterocycles. The van der Waals surface area contributed by atoms with Crippen molar-refractivity contribution in [1.29, 1.82) is 0 Å². The maximum Gasteiger partial charge on any atom is 0.322 e. The number of thiol groups is 1. The van der Waals surface area contributed by atoms with E-state index in [1.165, 1.54) is 0 Å². The standard InChI is InChI=1S/C19H28N4O5S/c1-11(2)16(20)19(28)22-13(8-12-6-4-3-5-7-12)18(27)23-14(10-29)17(26)21-9-15(24)25/h3-7,11,13-14,16,29H,8-10,20H2,1-2H3,(H,21,26)(H,22,28)(H,23,27)(H,24,25). The highest BCUT2D eigenvalue weighted by molar-refractivity contribution is 7.80. The van der Waals surface area contributed by atoms with Gasteiger partial charge in [-0.2, -0.15) is 12.6 Å². The Morgan fingerprint density at radius 2 is 1.59 bits per heavy atom. The number of aliphatic carboxylic acids is 1. The fraction of sp³-hybridized carbons (Fsp3) is 0.474. The number of amides is 3. The van der Waals surface area contributed by atoms with Gasteiger partial charge in [0.1, 0.15) is 18.6 Å². The topological polar surface area (TPSA) is 151 Å². The van der Waals surface area contributed by atoms with Crippen LogP contribution in [0.1, 0.15) is 19.4 Å². The molecule has 0 radical (unpaired) electrons. The smallest absolute Gasteiger partial charge is 0.322 e. The van der Waals surface area contributed by atoms with E-state index >= 15 is 0 Å². The van der Waals surface area contributed by atoms with Gasteiger partial charge in [-0.25, -0.2) is 0 Å². The molecule has 3 unspecified atom stereocenters. The fourth-order valence-corrected chi connectivity index (χ4v) is 2.64. The van der Waals surface area contributed by atoms with Gasteiger partial charge in [-0.15, -0.1) is 0 Å². The molecule has 0 bridgehead atoms. The van der Waals surface area contributed by atoms with E-state index in [9.17, 15) is 19.2 Å². The molecular weight excluding hydrogens is 396 g/mol. The summed E-state index contributed by atoms with van der Waals surface area (Å²) in [6, 6.07) is 6.25. The average Bonchev–Trinajstić information content (AvgIpc) is 2.69. The zero-order chi connectivity index (χ0) is 22.0. The molecule has 0 fully saturated rings. The van der Waals surface area contributed by atoms with Gasteiger partial charge >= 0.3 is 5.97 Å². The van der Waals surface area contributed by atoms with Crippen molar-refractivity contribution in [2.45, 2.75) is 38.4 Å². The van der Waals surface area contributed by atoms with Crippen LogP contribution in [0.15, 0.2) is 30.3 Å². The first kappa shape index (κ1) is 24.4. The molecule has 1 aromatic carbocycles. The number of rotatable bonds is 11. The Kier molecular flexibility index (Phi) is 10.2. The largest absolute Gasteiger partial charge is 0.480 e. The maximum atomic E-state index is 12.8. The third-order valence-corrected chi connectivity index (χ3v) is 4.53. The summed E-state index contributed by atoms with van der Waals surface area (Å²) in [5.74, 6) is -3.13. The van der Waals surface area contributed by atoms with Crippen LogP contribution in [0.2, 0.25) is 0 Å². The first-order valence-corrected chi connectivity index (χ1v) is 9.79. The van der Waals surface area contributed by atoms with Gasteiger partial charge in [0.2, 0.25) is 17.7 Å². The summed E-state index contributed by atoms with van der Waals surface area (Å²) in [5, 5.41) is 16.0. The van der Waals surface area contributed by atoms with E-state index in [1.807, 2.05) is 30.3 Å². The van der Waals surface area contributed by atoms with Crippen LogP contribution in [0.25, 0.3) is 0 Å². The second kappa shape index (κ2) is 12.1. The molecule has 0 saturated heterocycles. The molecule has 6 N–H and O–H groups in total. The summed E-state index contributed by atoms with van der Waals surface area (Å²) in [4.78, 5) is 47.8. The Hall–Kier alpha value is -2.59. The van der Waals surface area contributed by atoms with E-state index < -0.39 is 48.4 Å². The van der Waals surface area contributed by atoms with Crippen molar-refractivity contribution in [3.05, 3.63) is 35.9 Å². The number of carbonyl (C=O) groups excluding carboxylic acids is 3. The molecule has 0 aromatic heterocycles. The third kappa shape index (κ3) is 8.53. The number of carboxylic acid groups (broad SMARTS) is 1. The minimum absolute atomic E-state index is 0.0469. The molecular formula is C19H28N4O5S. The highest BCUT2D eigenvalue weighted by Gasteiger charge is 2.28. The highest BCUT2D eigenvalue weighted by atomic mass is 32.1. The van der Waals surface area contributed by atoms with Gasteiger partial charge in [0.15, 0.2) is 0 Å². The van der Waals surface area contributed by atoms with Crippen molar-refractivity contribution >= 4 is 36.3 Å². The Bertz CT molecular complexity index is 714. The predicted octanol–water partition coefficient (Wildman–Crippen LogP) is -0.687. The first-order chi connectivity index (χ1) is 13.6. The summed E-state index contributed by atoms with van der Waals surface area (Å²) in [6.45, 7) is 3.01. The number of benzene rings is 1. The molecule has 9 nitrogen and oxygen atoms in total. The summed E-state index contributed by atoms with van der Waals surface area (Å²) >= 11 is 4.04. The zero-order valence-corrected chi connectivity index (χ0v) is 17.3. The second-order valence-corrected chi connectivity index (χ2v) is 7.24. The molecule has 1 aromatic rings. The van der Waals surface area contributed by atoms with Gasteiger partial charge in [-0.05, 0) is 11.5 Å². The molecule has 0 spiro atoms. The number of carboxylic acids is 1. The Labute approximate surface area is 175 Å². The van der Waals surface area contributed by atoms with Crippen molar-refractivity contribution in [2.75, 3.05) is 12.3 Å². The van der Waals surface area contributed by atoms with Gasteiger partial charge in [0, 0.05) is 12.2 Å². The molecule has 1 rings (SSSR count). The summed E-state index contributed by atoms with van der Waals surface area (Å²) < 4.78 is 0. The molecule has 0 saturated carbocycles. The second-order valence-electron chi connectivity index (χ2n) is 6.88. The Morgan fingerprint density at radius 3 is 2.10 bits per heavy atom. The number of hydrogen-bond acceptors (Lipinski definition) is 6. The van der Waals surface area contributed by atoms with Crippen molar-refractivity contribution < 1.29 is 24.3 Å². The van der Waals surface area contributed by atoms with Crippen LogP contribution in [-0.2, 0) is 25.6 Å². The summed E-state index contributed by atoms with van der Waals surface area (Å²) in [6.07, 6.45) is 0.194. The number of nitrogens with one attached hydrogen (secondary N) is 3. The average molecular weight is 425 g/mol. The van der Waals surface area contributed by atoms with Crippen LogP contribution in [0, 0.1) is 5.92 Å². The van der Waals surface area contributed by atoms with Gasteiger partial charge in [-0.1, -0.05) is 44.2 Å².